The van der Waals surface area contributed by atoms with Crippen molar-refractivity contribution in [2.45, 2.75) is 6.54 Å². The van der Waals surface area contributed by atoms with Crippen LogP contribution in [0.3, 0.4) is 0 Å². The molecule has 2 amide bonds. The molecule has 0 atom stereocenters. The number of amides is 2. The summed E-state index contributed by atoms with van der Waals surface area (Å²) in [5, 5.41) is 2.91. The van der Waals surface area contributed by atoms with Gasteiger partial charge in [0.05, 0.1) is 6.61 Å². The fourth-order valence-electron chi connectivity index (χ4n) is 3.21. The third kappa shape index (κ3) is 6.05. The Labute approximate surface area is 177 Å². The summed E-state index contributed by atoms with van der Waals surface area (Å²) in [4.78, 5) is 29.2. The Kier molecular flexibility index (Phi) is 7.82. The Balaban J connectivity index is 1.51. The smallest absolute Gasteiger partial charge is 0.253 e. The number of piperazine rings is 1. The van der Waals surface area contributed by atoms with Gasteiger partial charge in [0.1, 0.15) is 12.4 Å². The Bertz CT molecular complexity index is 846. The highest BCUT2D eigenvalue weighted by molar-refractivity contribution is 5.95. The van der Waals surface area contributed by atoms with Crippen molar-refractivity contribution in [3.63, 3.8) is 0 Å². The van der Waals surface area contributed by atoms with Crippen LogP contribution in [-0.2, 0) is 11.3 Å². The van der Waals surface area contributed by atoms with Gasteiger partial charge in [-0.2, -0.15) is 0 Å². The number of nitrogens with one attached hydrogen (secondary N) is 1. The van der Waals surface area contributed by atoms with E-state index in [2.05, 4.69) is 17.3 Å². The second-order valence-corrected chi connectivity index (χ2v) is 7.34. The van der Waals surface area contributed by atoms with Crippen molar-refractivity contribution >= 4 is 11.8 Å². The van der Waals surface area contributed by atoms with Gasteiger partial charge in [0.25, 0.3) is 11.8 Å². The van der Waals surface area contributed by atoms with E-state index in [0.717, 1.165) is 31.7 Å². The lowest BCUT2D eigenvalue weighted by atomic mass is 10.1. The highest BCUT2D eigenvalue weighted by atomic mass is 16.5. The molecule has 160 valence electrons. The Morgan fingerprint density at radius 2 is 1.70 bits per heavy atom. The van der Waals surface area contributed by atoms with Crippen LogP contribution in [0, 0.1) is 0 Å². The minimum Gasteiger partial charge on any atom is -0.491 e. The van der Waals surface area contributed by atoms with Crippen molar-refractivity contribution in [1.82, 2.24) is 15.1 Å². The van der Waals surface area contributed by atoms with Gasteiger partial charge in [-0.05, 0) is 42.9 Å². The van der Waals surface area contributed by atoms with Crippen LogP contribution < -0.4 is 10.1 Å². The number of rotatable bonds is 8. The molecule has 0 radical (unpaired) electrons. The summed E-state index contributed by atoms with van der Waals surface area (Å²) in [7, 11) is 3.68. The molecule has 0 unspecified atom stereocenters. The van der Waals surface area contributed by atoms with E-state index < -0.39 is 0 Å². The minimum absolute atomic E-state index is 0.0592. The lowest BCUT2D eigenvalue weighted by molar-refractivity contribution is 0.0664. The zero-order valence-corrected chi connectivity index (χ0v) is 17.6. The second-order valence-electron chi connectivity index (χ2n) is 7.34. The van der Waals surface area contributed by atoms with E-state index in [4.69, 9.17) is 9.47 Å². The van der Waals surface area contributed by atoms with Crippen LogP contribution in [0.5, 0.6) is 5.75 Å². The first-order valence-electron chi connectivity index (χ1n) is 10.1. The van der Waals surface area contributed by atoms with Gasteiger partial charge < -0.3 is 24.6 Å². The van der Waals surface area contributed by atoms with Crippen LogP contribution in [0.2, 0.25) is 0 Å². The standard InChI is InChI=1S/C23H29N3O4/c1-25-10-12-26(13-11-25)23(28)19-8-6-18(7-9-19)17-24-22(27)20-4-3-5-21(16-20)30-15-14-29-2/h3-9,16H,10-15,17H2,1-2H3,(H,24,27). The summed E-state index contributed by atoms with van der Waals surface area (Å²) in [5.41, 5.74) is 2.15. The van der Waals surface area contributed by atoms with Gasteiger partial charge in [0, 0.05) is 51.0 Å². The molecule has 7 heteroatoms. The molecule has 1 fully saturated rings. The highest BCUT2D eigenvalue weighted by Gasteiger charge is 2.20. The molecule has 1 heterocycles. The molecule has 0 saturated carbocycles. The number of carbonyl (C=O) groups is 2. The van der Waals surface area contributed by atoms with E-state index in [1.54, 1.807) is 25.3 Å². The molecule has 30 heavy (non-hydrogen) atoms. The van der Waals surface area contributed by atoms with Gasteiger partial charge in [-0.25, -0.2) is 0 Å². The monoisotopic (exact) mass is 411 g/mol. The Morgan fingerprint density at radius 3 is 2.40 bits per heavy atom. The second kappa shape index (κ2) is 10.8. The van der Waals surface area contributed by atoms with E-state index >= 15 is 0 Å². The molecule has 1 aliphatic heterocycles. The van der Waals surface area contributed by atoms with Crippen LogP contribution in [0.4, 0.5) is 0 Å². The molecule has 3 rings (SSSR count). The number of likely N-dealkylation sites (N-methyl/N-ethyl adjacent to an activating group) is 1. The lowest BCUT2D eigenvalue weighted by Crippen LogP contribution is -2.47. The molecular weight excluding hydrogens is 382 g/mol. The number of benzene rings is 2. The average molecular weight is 412 g/mol. The number of carbonyl (C=O) groups excluding carboxylic acids is 2. The van der Waals surface area contributed by atoms with E-state index in [-0.39, 0.29) is 11.8 Å². The predicted molar refractivity (Wildman–Crippen MR) is 115 cm³/mol. The van der Waals surface area contributed by atoms with Crippen LogP contribution in [0.15, 0.2) is 48.5 Å². The zero-order chi connectivity index (χ0) is 21.3. The SMILES string of the molecule is COCCOc1cccc(C(=O)NCc2ccc(C(=O)N3CCN(C)CC3)cc2)c1. The Hall–Kier alpha value is -2.90. The molecule has 7 nitrogen and oxygen atoms in total. The molecule has 1 saturated heterocycles. The molecule has 0 aliphatic carbocycles. The first-order valence-corrected chi connectivity index (χ1v) is 10.1. The zero-order valence-electron chi connectivity index (χ0n) is 17.6. The number of ether oxygens (including phenoxy) is 2. The van der Waals surface area contributed by atoms with E-state index in [1.165, 1.54) is 0 Å². The third-order valence-corrected chi connectivity index (χ3v) is 5.10. The van der Waals surface area contributed by atoms with Crippen molar-refractivity contribution in [2.24, 2.45) is 0 Å². The molecule has 0 spiro atoms. The quantitative estimate of drug-likeness (QED) is 0.673. The molecule has 1 N–H and O–H groups in total. The fourth-order valence-corrected chi connectivity index (χ4v) is 3.21. The van der Waals surface area contributed by atoms with Gasteiger partial charge in [-0.3, -0.25) is 9.59 Å². The summed E-state index contributed by atoms with van der Waals surface area (Å²) < 4.78 is 10.5. The topological polar surface area (TPSA) is 71.1 Å². The van der Waals surface area contributed by atoms with Crippen LogP contribution in [0.25, 0.3) is 0 Å². The summed E-state index contributed by atoms with van der Waals surface area (Å²) in [5.74, 6) is 0.514. The van der Waals surface area contributed by atoms with E-state index in [9.17, 15) is 9.59 Å². The van der Waals surface area contributed by atoms with Crippen LogP contribution in [0.1, 0.15) is 26.3 Å². The van der Waals surface area contributed by atoms with Crippen LogP contribution in [-0.4, -0.2) is 75.2 Å². The Morgan fingerprint density at radius 1 is 0.967 bits per heavy atom. The number of hydrogen-bond acceptors (Lipinski definition) is 5. The van der Waals surface area contributed by atoms with Gasteiger partial charge in [-0.15, -0.1) is 0 Å². The summed E-state index contributed by atoms with van der Waals surface area (Å²) in [6, 6.07) is 14.5. The third-order valence-electron chi connectivity index (χ3n) is 5.10. The maximum Gasteiger partial charge on any atom is 0.253 e. The maximum atomic E-state index is 12.6. The van der Waals surface area contributed by atoms with Crippen LogP contribution >= 0.6 is 0 Å². The molecule has 2 aromatic rings. The molecule has 0 aromatic heterocycles. The highest BCUT2D eigenvalue weighted by Crippen LogP contribution is 2.14. The average Bonchev–Trinajstić information content (AvgIpc) is 2.78. The molecule has 0 bridgehead atoms. The molecule has 1 aliphatic rings. The number of nitrogens with zero attached hydrogens (tertiary/aromatic N) is 2. The van der Waals surface area contributed by atoms with E-state index in [0.29, 0.717) is 36.6 Å². The number of methoxy groups -OCH3 is 1. The van der Waals surface area contributed by atoms with Crippen molar-refractivity contribution in [2.75, 3.05) is 53.6 Å². The van der Waals surface area contributed by atoms with Gasteiger partial charge in [-0.1, -0.05) is 18.2 Å². The first-order chi connectivity index (χ1) is 14.6. The first kappa shape index (κ1) is 21.8. The summed E-state index contributed by atoms with van der Waals surface area (Å²) >= 11 is 0. The van der Waals surface area contributed by atoms with Crippen molar-refractivity contribution < 1.29 is 19.1 Å². The van der Waals surface area contributed by atoms with Gasteiger partial charge >= 0.3 is 0 Å². The van der Waals surface area contributed by atoms with Gasteiger partial charge in [0.15, 0.2) is 0 Å². The van der Waals surface area contributed by atoms with E-state index in [1.807, 2.05) is 35.2 Å². The van der Waals surface area contributed by atoms with Crippen molar-refractivity contribution in [3.05, 3.63) is 65.2 Å². The maximum absolute atomic E-state index is 12.6. The molecule has 2 aromatic carbocycles. The van der Waals surface area contributed by atoms with Crippen molar-refractivity contribution in [1.29, 1.82) is 0 Å². The lowest BCUT2D eigenvalue weighted by Gasteiger charge is -2.32. The normalized spacial score (nSPS) is 14.4. The fraction of sp³-hybridized carbons (Fsp3) is 0.391. The van der Waals surface area contributed by atoms with Crippen molar-refractivity contribution in [3.8, 4) is 5.75 Å². The predicted octanol–water partition coefficient (Wildman–Crippen LogP) is 2.03. The summed E-state index contributed by atoms with van der Waals surface area (Å²) in [6.07, 6.45) is 0. The largest absolute Gasteiger partial charge is 0.491 e. The number of hydrogen-bond donors (Lipinski definition) is 1. The molecular formula is C23H29N3O4. The van der Waals surface area contributed by atoms with Gasteiger partial charge in [0.2, 0.25) is 0 Å². The summed E-state index contributed by atoms with van der Waals surface area (Å²) in [6.45, 7) is 4.60. The minimum atomic E-state index is -0.176.